The van der Waals surface area contributed by atoms with E-state index in [0.29, 0.717) is 11.8 Å². The van der Waals surface area contributed by atoms with Gasteiger partial charge < -0.3 is 0 Å². The zero-order valence-corrected chi connectivity index (χ0v) is 21.8. The van der Waals surface area contributed by atoms with Crippen molar-refractivity contribution in [2.75, 3.05) is 0 Å². The first-order chi connectivity index (χ1) is 15.5. The number of benzene rings is 3. The van der Waals surface area contributed by atoms with Crippen LogP contribution in [-0.4, -0.2) is 0 Å². The molecule has 0 aromatic heterocycles. The van der Waals surface area contributed by atoms with Gasteiger partial charge in [-0.1, -0.05) is 110 Å². The quantitative estimate of drug-likeness (QED) is 0.340. The standard InChI is InChI=1S/C32H41F/c1-9-25-19-24(14-17-30(25)32(6,7)8)18-22(4)27-16-15-26(20-29(27)21(2)3)23(5)28-12-10-11-13-31(28)33/h10-17,19-23H,9,18H2,1-8H3. The third kappa shape index (κ3) is 5.75. The Hall–Kier alpha value is -2.41. The molecule has 0 aliphatic heterocycles. The highest BCUT2D eigenvalue weighted by Gasteiger charge is 2.20. The number of hydrogen-bond donors (Lipinski definition) is 0. The summed E-state index contributed by atoms with van der Waals surface area (Å²) in [6.07, 6.45) is 2.09. The first kappa shape index (κ1) is 25.2. The summed E-state index contributed by atoms with van der Waals surface area (Å²) < 4.78 is 14.4. The van der Waals surface area contributed by atoms with Crippen LogP contribution in [0, 0.1) is 5.82 Å². The molecule has 0 radical (unpaired) electrons. The van der Waals surface area contributed by atoms with Gasteiger partial charge in [0.15, 0.2) is 0 Å². The molecule has 0 amide bonds. The molecule has 0 nitrogen and oxygen atoms in total. The van der Waals surface area contributed by atoms with Gasteiger partial charge in [0, 0.05) is 5.92 Å². The number of rotatable bonds is 7. The third-order valence-electron chi connectivity index (χ3n) is 7.04. The summed E-state index contributed by atoms with van der Waals surface area (Å²) >= 11 is 0. The van der Waals surface area contributed by atoms with E-state index >= 15 is 0 Å². The maximum atomic E-state index is 14.4. The largest absolute Gasteiger partial charge is 0.207 e. The molecule has 3 aromatic rings. The van der Waals surface area contributed by atoms with Crippen molar-refractivity contribution in [1.82, 2.24) is 0 Å². The Morgan fingerprint density at radius 3 is 2.09 bits per heavy atom. The molecule has 0 aliphatic rings. The van der Waals surface area contributed by atoms with Crippen LogP contribution in [0.3, 0.4) is 0 Å². The number of halogens is 1. The lowest BCUT2D eigenvalue weighted by Gasteiger charge is -2.25. The molecule has 0 heterocycles. The van der Waals surface area contributed by atoms with E-state index in [1.807, 2.05) is 12.1 Å². The fourth-order valence-electron chi connectivity index (χ4n) is 5.08. The normalized spacial score (nSPS) is 13.9. The average Bonchev–Trinajstić information content (AvgIpc) is 2.77. The van der Waals surface area contributed by atoms with Gasteiger partial charge in [-0.25, -0.2) is 4.39 Å². The maximum Gasteiger partial charge on any atom is 0.127 e. The van der Waals surface area contributed by atoms with E-state index < -0.39 is 0 Å². The second-order valence-electron chi connectivity index (χ2n) is 11.0. The zero-order valence-electron chi connectivity index (χ0n) is 21.8. The zero-order chi connectivity index (χ0) is 24.3. The molecule has 1 heteroatoms. The maximum absolute atomic E-state index is 14.4. The summed E-state index contributed by atoms with van der Waals surface area (Å²) in [7, 11) is 0. The highest BCUT2D eigenvalue weighted by Crippen LogP contribution is 2.35. The fourth-order valence-corrected chi connectivity index (χ4v) is 5.08. The number of hydrogen-bond acceptors (Lipinski definition) is 0. The molecule has 2 atom stereocenters. The third-order valence-corrected chi connectivity index (χ3v) is 7.04. The molecule has 0 N–H and O–H groups in total. The van der Waals surface area contributed by atoms with Crippen LogP contribution in [0.5, 0.6) is 0 Å². The topological polar surface area (TPSA) is 0 Å². The van der Waals surface area contributed by atoms with Crippen LogP contribution in [0.2, 0.25) is 0 Å². The van der Waals surface area contributed by atoms with E-state index in [4.69, 9.17) is 0 Å². The van der Waals surface area contributed by atoms with Crippen molar-refractivity contribution in [3.05, 3.63) is 105 Å². The molecular weight excluding hydrogens is 403 g/mol. The van der Waals surface area contributed by atoms with Crippen molar-refractivity contribution >= 4 is 0 Å². The van der Waals surface area contributed by atoms with Crippen LogP contribution in [0.25, 0.3) is 0 Å². The summed E-state index contributed by atoms with van der Waals surface area (Å²) in [5, 5.41) is 0. The summed E-state index contributed by atoms with van der Waals surface area (Å²) in [4.78, 5) is 0. The van der Waals surface area contributed by atoms with Gasteiger partial charge in [0.05, 0.1) is 0 Å². The van der Waals surface area contributed by atoms with Gasteiger partial charge in [-0.3, -0.25) is 0 Å². The monoisotopic (exact) mass is 444 g/mol. The van der Waals surface area contributed by atoms with Crippen LogP contribution < -0.4 is 0 Å². The van der Waals surface area contributed by atoms with E-state index in [-0.39, 0.29) is 17.2 Å². The second kappa shape index (κ2) is 10.2. The first-order valence-corrected chi connectivity index (χ1v) is 12.5. The number of aryl methyl sites for hydroxylation is 1. The molecule has 0 saturated heterocycles. The Morgan fingerprint density at radius 2 is 1.48 bits per heavy atom. The van der Waals surface area contributed by atoms with E-state index in [1.165, 1.54) is 33.4 Å². The van der Waals surface area contributed by atoms with Crippen LogP contribution in [0.1, 0.15) is 112 Å². The van der Waals surface area contributed by atoms with E-state index in [2.05, 4.69) is 91.8 Å². The van der Waals surface area contributed by atoms with Crippen molar-refractivity contribution in [3.8, 4) is 0 Å². The Labute approximate surface area is 201 Å². The Balaban J connectivity index is 1.90. The molecule has 0 bridgehead atoms. The van der Waals surface area contributed by atoms with Crippen LogP contribution >= 0.6 is 0 Å². The van der Waals surface area contributed by atoms with Gasteiger partial charge in [-0.2, -0.15) is 0 Å². The predicted molar refractivity (Wildman–Crippen MR) is 141 cm³/mol. The summed E-state index contributed by atoms with van der Waals surface area (Å²) in [6, 6.07) is 21.0. The lowest BCUT2D eigenvalue weighted by atomic mass is 9.80. The summed E-state index contributed by atoms with van der Waals surface area (Å²) in [6.45, 7) is 18.1. The van der Waals surface area contributed by atoms with Crippen molar-refractivity contribution < 1.29 is 4.39 Å². The van der Waals surface area contributed by atoms with Gasteiger partial charge in [-0.15, -0.1) is 0 Å². The van der Waals surface area contributed by atoms with Gasteiger partial charge >= 0.3 is 0 Å². The molecule has 33 heavy (non-hydrogen) atoms. The predicted octanol–water partition coefficient (Wildman–Crippen LogP) is 9.31. The van der Waals surface area contributed by atoms with Crippen molar-refractivity contribution in [1.29, 1.82) is 0 Å². The molecule has 0 spiro atoms. The highest BCUT2D eigenvalue weighted by atomic mass is 19.1. The molecule has 0 saturated carbocycles. The minimum absolute atomic E-state index is 0.0325. The second-order valence-corrected chi connectivity index (χ2v) is 11.0. The van der Waals surface area contributed by atoms with Crippen molar-refractivity contribution in [3.63, 3.8) is 0 Å². The highest BCUT2D eigenvalue weighted by molar-refractivity contribution is 5.43. The van der Waals surface area contributed by atoms with Gasteiger partial charge in [-0.05, 0) is 75.1 Å². The minimum Gasteiger partial charge on any atom is -0.207 e. The molecule has 2 unspecified atom stereocenters. The Bertz CT molecular complexity index is 1080. The molecular formula is C32H41F. The van der Waals surface area contributed by atoms with Gasteiger partial charge in [0.1, 0.15) is 5.82 Å². The van der Waals surface area contributed by atoms with Crippen molar-refractivity contribution in [2.24, 2.45) is 0 Å². The molecule has 3 aromatic carbocycles. The van der Waals surface area contributed by atoms with E-state index in [0.717, 1.165) is 18.4 Å². The van der Waals surface area contributed by atoms with Gasteiger partial charge in [0.25, 0.3) is 0 Å². The summed E-state index contributed by atoms with van der Waals surface area (Å²) in [5.74, 6) is 0.749. The first-order valence-electron chi connectivity index (χ1n) is 12.5. The van der Waals surface area contributed by atoms with Gasteiger partial charge in [0.2, 0.25) is 0 Å². The summed E-state index contributed by atoms with van der Waals surface area (Å²) in [5.41, 5.74) is 9.23. The van der Waals surface area contributed by atoms with E-state index in [9.17, 15) is 4.39 Å². The Morgan fingerprint density at radius 1 is 0.788 bits per heavy atom. The lowest BCUT2D eigenvalue weighted by molar-refractivity contribution is 0.582. The van der Waals surface area contributed by atoms with E-state index in [1.54, 1.807) is 12.1 Å². The molecule has 3 rings (SSSR count). The molecule has 0 aliphatic carbocycles. The smallest absolute Gasteiger partial charge is 0.127 e. The minimum atomic E-state index is -0.126. The Kier molecular flexibility index (Phi) is 7.83. The lowest BCUT2D eigenvalue weighted by Crippen LogP contribution is -2.14. The van der Waals surface area contributed by atoms with Crippen molar-refractivity contribution in [2.45, 2.75) is 91.4 Å². The average molecular weight is 445 g/mol. The van der Waals surface area contributed by atoms with Crippen LogP contribution in [-0.2, 0) is 18.3 Å². The van der Waals surface area contributed by atoms with Crippen LogP contribution in [0.15, 0.2) is 60.7 Å². The fraction of sp³-hybridized carbons (Fsp3) is 0.438. The SMILES string of the molecule is CCc1cc(CC(C)c2ccc(C(C)c3ccccc3F)cc2C(C)C)ccc1C(C)(C)C. The molecule has 176 valence electrons. The molecule has 0 fully saturated rings. The van der Waals surface area contributed by atoms with Crippen LogP contribution in [0.4, 0.5) is 4.39 Å².